The van der Waals surface area contributed by atoms with Gasteiger partial charge in [-0.1, -0.05) is 19.8 Å². The molecule has 0 spiro atoms. The van der Waals surface area contributed by atoms with Crippen molar-refractivity contribution in [2.45, 2.75) is 13.8 Å². The standard InChI is InChI=1S/C7H11O/c1-4-5-8-6-7(2)3/h7H,1,6H2,2-3H3. The van der Waals surface area contributed by atoms with E-state index in [1.54, 1.807) is 0 Å². The molecular weight excluding hydrogens is 100 g/mol. The smallest absolute Gasteiger partial charge is 0.110 e. The molecule has 0 saturated carbocycles. The van der Waals surface area contributed by atoms with Gasteiger partial charge < -0.3 is 4.74 Å². The highest BCUT2D eigenvalue weighted by molar-refractivity contribution is 4.94. The predicted octanol–water partition coefficient (Wildman–Crippen LogP) is 1.45. The second kappa shape index (κ2) is 4.52. The second-order valence-corrected chi connectivity index (χ2v) is 1.98. The molecule has 0 unspecified atom stereocenters. The molecule has 0 amide bonds. The van der Waals surface area contributed by atoms with Gasteiger partial charge in [-0.05, 0) is 5.92 Å². The normalized spacial score (nSPS) is 8.00. The highest BCUT2D eigenvalue weighted by atomic mass is 16.5. The summed E-state index contributed by atoms with van der Waals surface area (Å²) in [4.78, 5) is 0. The summed E-state index contributed by atoms with van der Waals surface area (Å²) in [6.45, 7) is 8.14. The van der Waals surface area contributed by atoms with Crippen molar-refractivity contribution in [3.8, 4) is 12.0 Å². The van der Waals surface area contributed by atoms with E-state index in [1.807, 2.05) is 0 Å². The van der Waals surface area contributed by atoms with Crippen LogP contribution in [0.2, 0.25) is 0 Å². The minimum Gasteiger partial charge on any atom is -0.446 e. The predicted molar refractivity (Wildman–Crippen MR) is 33.9 cm³/mol. The molecule has 0 rings (SSSR count). The van der Waals surface area contributed by atoms with E-state index >= 15 is 0 Å². The maximum absolute atomic E-state index is 4.82. The van der Waals surface area contributed by atoms with E-state index in [2.05, 4.69) is 32.8 Å². The SMILES string of the molecule is [CH2]C#COCC(C)C. The molecule has 8 heavy (non-hydrogen) atoms. The van der Waals surface area contributed by atoms with E-state index in [-0.39, 0.29) is 0 Å². The summed E-state index contributed by atoms with van der Waals surface area (Å²) >= 11 is 0. The molecule has 0 aliphatic rings. The van der Waals surface area contributed by atoms with Crippen LogP contribution in [0.25, 0.3) is 0 Å². The van der Waals surface area contributed by atoms with Crippen LogP contribution in [0.1, 0.15) is 13.8 Å². The van der Waals surface area contributed by atoms with Gasteiger partial charge in [0, 0.05) is 6.92 Å². The Kier molecular flexibility index (Phi) is 4.16. The molecule has 0 aliphatic carbocycles. The van der Waals surface area contributed by atoms with Gasteiger partial charge in [-0.15, -0.1) is 0 Å². The maximum Gasteiger partial charge on any atom is 0.110 e. The van der Waals surface area contributed by atoms with Crippen molar-refractivity contribution < 1.29 is 4.74 Å². The third-order valence-electron chi connectivity index (χ3n) is 0.561. The van der Waals surface area contributed by atoms with Crippen LogP contribution < -0.4 is 0 Å². The third-order valence-corrected chi connectivity index (χ3v) is 0.561. The molecule has 0 aliphatic heterocycles. The van der Waals surface area contributed by atoms with Crippen LogP contribution >= 0.6 is 0 Å². The summed E-state index contributed by atoms with van der Waals surface area (Å²) in [7, 11) is 0. The summed E-state index contributed by atoms with van der Waals surface area (Å²) < 4.78 is 4.82. The van der Waals surface area contributed by atoms with Crippen LogP contribution in [-0.4, -0.2) is 6.61 Å². The highest BCUT2D eigenvalue weighted by Gasteiger charge is 1.88. The molecule has 0 aromatic carbocycles. The fraction of sp³-hybridized carbons (Fsp3) is 0.571. The van der Waals surface area contributed by atoms with Gasteiger partial charge in [-0.25, -0.2) is 0 Å². The molecule has 0 aromatic rings. The lowest BCUT2D eigenvalue weighted by Crippen LogP contribution is -1.96. The topological polar surface area (TPSA) is 9.23 Å². The monoisotopic (exact) mass is 111 g/mol. The first-order valence-electron chi connectivity index (χ1n) is 2.66. The number of hydrogen-bond acceptors (Lipinski definition) is 1. The Balaban J connectivity index is 3.01. The Hall–Kier alpha value is -0.640. The molecule has 0 heterocycles. The lowest BCUT2D eigenvalue weighted by atomic mass is 10.2. The van der Waals surface area contributed by atoms with Crippen LogP contribution in [-0.2, 0) is 4.74 Å². The lowest BCUT2D eigenvalue weighted by molar-refractivity contribution is 0.235. The van der Waals surface area contributed by atoms with Crippen molar-refractivity contribution in [3.05, 3.63) is 6.92 Å². The maximum atomic E-state index is 4.82. The zero-order valence-corrected chi connectivity index (χ0v) is 5.40. The Morgan fingerprint density at radius 3 is 2.62 bits per heavy atom. The molecule has 0 fully saturated rings. The fourth-order valence-corrected chi connectivity index (χ4v) is 0.259. The summed E-state index contributed by atoms with van der Waals surface area (Å²) in [6.07, 6.45) is 2.42. The zero-order valence-electron chi connectivity index (χ0n) is 5.40. The first kappa shape index (κ1) is 7.36. The summed E-state index contributed by atoms with van der Waals surface area (Å²) in [5.41, 5.74) is 0. The van der Waals surface area contributed by atoms with Crippen molar-refractivity contribution in [2.24, 2.45) is 5.92 Å². The van der Waals surface area contributed by atoms with Crippen LogP contribution in [0.3, 0.4) is 0 Å². The van der Waals surface area contributed by atoms with Crippen LogP contribution in [0, 0.1) is 24.9 Å². The average Bonchev–Trinajstić information content (AvgIpc) is 1.66. The zero-order chi connectivity index (χ0) is 6.41. The number of hydrogen-bond donors (Lipinski definition) is 0. The second-order valence-electron chi connectivity index (χ2n) is 1.98. The van der Waals surface area contributed by atoms with Gasteiger partial charge in [-0.2, -0.15) is 0 Å². The van der Waals surface area contributed by atoms with Crippen molar-refractivity contribution in [1.29, 1.82) is 0 Å². The lowest BCUT2D eigenvalue weighted by Gasteiger charge is -1.98. The summed E-state index contributed by atoms with van der Waals surface area (Å²) in [5, 5.41) is 0. The van der Waals surface area contributed by atoms with Crippen molar-refractivity contribution in [1.82, 2.24) is 0 Å². The minimum absolute atomic E-state index is 0.552. The Labute approximate surface area is 51.0 Å². The first-order valence-corrected chi connectivity index (χ1v) is 2.66. The molecule has 0 N–H and O–H groups in total. The summed E-state index contributed by atoms with van der Waals surface area (Å²) in [5.74, 6) is 2.95. The molecule has 0 aromatic heterocycles. The van der Waals surface area contributed by atoms with E-state index in [0.29, 0.717) is 12.5 Å². The highest BCUT2D eigenvalue weighted by Crippen LogP contribution is 1.89. The largest absolute Gasteiger partial charge is 0.446 e. The minimum atomic E-state index is 0.552. The van der Waals surface area contributed by atoms with Crippen molar-refractivity contribution in [3.63, 3.8) is 0 Å². The van der Waals surface area contributed by atoms with E-state index in [0.717, 1.165) is 0 Å². The molecule has 0 atom stereocenters. The third kappa shape index (κ3) is 5.36. The average molecular weight is 111 g/mol. The van der Waals surface area contributed by atoms with Crippen LogP contribution in [0.5, 0.6) is 0 Å². The van der Waals surface area contributed by atoms with E-state index in [4.69, 9.17) is 4.74 Å². The van der Waals surface area contributed by atoms with Gasteiger partial charge in [0.15, 0.2) is 0 Å². The Morgan fingerprint density at radius 2 is 2.25 bits per heavy atom. The van der Waals surface area contributed by atoms with Gasteiger partial charge in [0.1, 0.15) is 12.7 Å². The number of rotatable bonds is 2. The molecular formula is C7H11O. The Bertz CT molecular complexity index is 94.7. The molecule has 0 bridgehead atoms. The van der Waals surface area contributed by atoms with E-state index in [1.165, 1.54) is 0 Å². The van der Waals surface area contributed by atoms with Crippen molar-refractivity contribution >= 4 is 0 Å². The Morgan fingerprint density at radius 1 is 1.62 bits per heavy atom. The quantitative estimate of drug-likeness (QED) is 0.490. The molecule has 0 saturated heterocycles. The summed E-state index contributed by atoms with van der Waals surface area (Å²) in [6, 6.07) is 0. The van der Waals surface area contributed by atoms with Crippen LogP contribution in [0.4, 0.5) is 0 Å². The molecule has 1 heteroatoms. The van der Waals surface area contributed by atoms with E-state index in [9.17, 15) is 0 Å². The van der Waals surface area contributed by atoms with E-state index < -0.39 is 0 Å². The van der Waals surface area contributed by atoms with Crippen LogP contribution in [0.15, 0.2) is 0 Å². The first-order chi connectivity index (χ1) is 3.77. The molecule has 1 radical (unpaired) electrons. The van der Waals surface area contributed by atoms with Gasteiger partial charge in [0.05, 0.1) is 0 Å². The van der Waals surface area contributed by atoms with Crippen molar-refractivity contribution in [2.75, 3.05) is 6.61 Å². The van der Waals surface area contributed by atoms with Gasteiger partial charge in [0.2, 0.25) is 0 Å². The van der Waals surface area contributed by atoms with Gasteiger partial charge >= 0.3 is 0 Å². The molecule has 1 nitrogen and oxygen atoms in total. The van der Waals surface area contributed by atoms with Gasteiger partial charge in [-0.3, -0.25) is 0 Å². The number of ether oxygens (including phenoxy) is 1. The fourth-order valence-electron chi connectivity index (χ4n) is 0.259. The molecule has 45 valence electrons. The van der Waals surface area contributed by atoms with Gasteiger partial charge in [0.25, 0.3) is 0 Å².